The van der Waals surface area contributed by atoms with Gasteiger partial charge in [0.05, 0.1) is 5.69 Å². The molecule has 0 radical (unpaired) electrons. The summed E-state index contributed by atoms with van der Waals surface area (Å²) >= 11 is 0. The molecule has 0 unspecified atom stereocenters. The number of Topliss-reactive ketones (excluding diaryl/α,β-unsaturated/α-hetero) is 1. The van der Waals surface area contributed by atoms with E-state index in [9.17, 15) is 4.79 Å². The Labute approximate surface area is 78.8 Å². The maximum Gasteiger partial charge on any atom is 0.177 e. The number of carbonyl (C=O) groups is 1. The molecule has 0 aliphatic heterocycles. The van der Waals surface area contributed by atoms with Crippen LogP contribution in [0.1, 0.15) is 49.8 Å². The summed E-state index contributed by atoms with van der Waals surface area (Å²) in [6, 6.07) is 1.89. The molecule has 3 nitrogen and oxygen atoms in total. The summed E-state index contributed by atoms with van der Waals surface area (Å²) in [5.74, 6) is 0.465. The highest BCUT2D eigenvalue weighted by atomic mass is 16.1. The third kappa shape index (κ3) is 1.97. The average molecular weight is 180 g/mol. The van der Waals surface area contributed by atoms with Crippen molar-refractivity contribution < 1.29 is 4.79 Å². The molecule has 3 heteroatoms. The molecule has 0 aliphatic rings. The predicted octanol–water partition coefficient (Wildman–Crippen LogP) is 2.23. The standard InChI is InChI=1S/C10H16N2O/c1-5-12-10(8(4)13)6-9(11-12)7(2)3/h6-7H,5H2,1-4H3. The molecule has 13 heavy (non-hydrogen) atoms. The molecule has 0 fully saturated rings. The van der Waals surface area contributed by atoms with E-state index in [1.807, 2.05) is 13.0 Å². The van der Waals surface area contributed by atoms with Gasteiger partial charge in [-0.05, 0) is 18.9 Å². The van der Waals surface area contributed by atoms with Gasteiger partial charge < -0.3 is 0 Å². The van der Waals surface area contributed by atoms with Gasteiger partial charge in [0.2, 0.25) is 0 Å². The second-order valence-electron chi connectivity index (χ2n) is 3.48. The Morgan fingerprint density at radius 3 is 2.54 bits per heavy atom. The van der Waals surface area contributed by atoms with Gasteiger partial charge in [0, 0.05) is 13.5 Å². The molecule has 0 atom stereocenters. The topological polar surface area (TPSA) is 34.9 Å². The van der Waals surface area contributed by atoms with E-state index in [-0.39, 0.29) is 5.78 Å². The van der Waals surface area contributed by atoms with E-state index in [4.69, 9.17) is 0 Å². The van der Waals surface area contributed by atoms with Crippen LogP contribution >= 0.6 is 0 Å². The second kappa shape index (κ2) is 3.73. The molecule has 0 spiro atoms. The molecule has 1 aromatic heterocycles. The summed E-state index contributed by atoms with van der Waals surface area (Å²) in [6.45, 7) is 8.47. The van der Waals surface area contributed by atoms with Gasteiger partial charge in [0.15, 0.2) is 5.78 Å². The molecule has 0 saturated heterocycles. The monoisotopic (exact) mass is 180 g/mol. The van der Waals surface area contributed by atoms with Crippen LogP contribution in [0, 0.1) is 0 Å². The van der Waals surface area contributed by atoms with Crippen LogP contribution in [-0.2, 0) is 6.54 Å². The van der Waals surface area contributed by atoms with Crippen molar-refractivity contribution in [3.8, 4) is 0 Å². The van der Waals surface area contributed by atoms with Crippen molar-refractivity contribution in [2.45, 2.75) is 40.2 Å². The molecule has 0 aromatic carbocycles. The Morgan fingerprint density at radius 1 is 1.62 bits per heavy atom. The van der Waals surface area contributed by atoms with Crippen molar-refractivity contribution in [3.63, 3.8) is 0 Å². The summed E-state index contributed by atoms with van der Waals surface area (Å²) in [6.07, 6.45) is 0. The minimum Gasteiger partial charge on any atom is -0.293 e. The van der Waals surface area contributed by atoms with E-state index in [2.05, 4.69) is 18.9 Å². The van der Waals surface area contributed by atoms with Crippen LogP contribution in [-0.4, -0.2) is 15.6 Å². The van der Waals surface area contributed by atoms with Crippen LogP contribution in [0.25, 0.3) is 0 Å². The molecule has 1 aromatic rings. The Balaban J connectivity index is 3.11. The SMILES string of the molecule is CCn1nc(C(C)C)cc1C(C)=O. The van der Waals surface area contributed by atoms with Crippen LogP contribution < -0.4 is 0 Å². The van der Waals surface area contributed by atoms with E-state index in [1.165, 1.54) is 0 Å². The summed E-state index contributed by atoms with van der Waals surface area (Å²) < 4.78 is 1.76. The van der Waals surface area contributed by atoms with Crippen molar-refractivity contribution in [1.82, 2.24) is 9.78 Å². The third-order valence-corrected chi connectivity index (χ3v) is 2.05. The van der Waals surface area contributed by atoms with Gasteiger partial charge in [-0.15, -0.1) is 0 Å². The van der Waals surface area contributed by atoms with Gasteiger partial charge >= 0.3 is 0 Å². The van der Waals surface area contributed by atoms with E-state index >= 15 is 0 Å². The van der Waals surface area contributed by atoms with E-state index in [1.54, 1.807) is 11.6 Å². The number of aromatic nitrogens is 2. The van der Waals surface area contributed by atoms with Crippen molar-refractivity contribution in [2.24, 2.45) is 0 Å². The van der Waals surface area contributed by atoms with Gasteiger partial charge in [0.1, 0.15) is 5.69 Å². The molecule has 0 amide bonds. The molecular weight excluding hydrogens is 164 g/mol. The van der Waals surface area contributed by atoms with E-state index in [0.717, 1.165) is 12.2 Å². The van der Waals surface area contributed by atoms with Crippen LogP contribution in [0.2, 0.25) is 0 Å². The highest BCUT2D eigenvalue weighted by Gasteiger charge is 2.12. The van der Waals surface area contributed by atoms with E-state index in [0.29, 0.717) is 11.6 Å². The molecule has 0 N–H and O–H groups in total. The van der Waals surface area contributed by atoms with Gasteiger partial charge in [-0.25, -0.2) is 0 Å². The summed E-state index contributed by atoms with van der Waals surface area (Å²) in [5.41, 5.74) is 1.71. The lowest BCUT2D eigenvalue weighted by atomic mass is 10.1. The summed E-state index contributed by atoms with van der Waals surface area (Å²) in [7, 11) is 0. The van der Waals surface area contributed by atoms with E-state index < -0.39 is 0 Å². The van der Waals surface area contributed by atoms with Gasteiger partial charge in [-0.1, -0.05) is 13.8 Å². The Morgan fingerprint density at radius 2 is 2.23 bits per heavy atom. The lowest BCUT2D eigenvalue weighted by molar-refractivity contribution is 0.100. The maximum absolute atomic E-state index is 11.2. The minimum atomic E-state index is 0.0845. The fourth-order valence-electron chi connectivity index (χ4n) is 1.24. The maximum atomic E-state index is 11.2. The van der Waals surface area contributed by atoms with Crippen molar-refractivity contribution in [1.29, 1.82) is 0 Å². The first-order chi connectivity index (χ1) is 6.06. The minimum absolute atomic E-state index is 0.0845. The van der Waals surface area contributed by atoms with Crippen LogP contribution in [0.3, 0.4) is 0 Å². The molecule has 0 bridgehead atoms. The number of ketones is 1. The van der Waals surface area contributed by atoms with Gasteiger partial charge in [0.25, 0.3) is 0 Å². The van der Waals surface area contributed by atoms with Crippen LogP contribution in [0.15, 0.2) is 6.07 Å². The summed E-state index contributed by atoms with van der Waals surface area (Å²) in [5, 5.41) is 4.35. The molecule has 0 saturated carbocycles. The van der Waals surface area contributed by atoms with Gasteiger partial charge in [-0.3, -0.25) is 9.48 Å². The highest BCUT2D eigenvalue weighted by Crippen LogP contribution is 2.14. The zero-order chi connectivity index (χ0) is 10.0. The first-order valence-electron chi connectivity index (χ1n) is 4.65. The van der Waals surface area contributed by atoms with Gasteiger partial charge in [-0.2, -0.15) is 5.10 Å². The number of aryl methyl sites for hydroxylation is 1. The normalized spacial score (nSPS) is 10.8. The molecule has 0 aliphatic carbocycles. The van der Waals surface area contributed by atoms with Crippen molar-refractivity contribution in [3.05, 3.63) is 17.5 Å². The number of hydrogen-bond acceptors (Lipinski definition) is 2. The second-order valence-corrected chi connectivity index (χ2v) is 3.48. The molecule has 1 rings (SSSR count). The largest absolute Gasteiger partial charge is 0.293 e. The number of rotatable bonds is 3. The number of hydrogen-bond donors (Lipinski definition) is 0. The Kier molecular flexibility index (Phi) is 2.86. The van der Waals surface area contributed by atoms with Crippen molar-refractivity contribution in [2.75, 3.05) is 0 Å². The smallest absolute Gasteiger partial charge is 0.177 e. The predicted molar refractivity (Wildman–Crippen MR) is 52.0 cm³/mol. The summed E-state index contributed by atoms with van der Waals surface area (Å²) in [4.78, 5) is 11.2. The fourth-order valence-corrected chi connectivity index (χ4v) is 1.24. The highest BCUT2D eigenvalue weighted by molar-refractivity contribution is 5.92. The number of nitrogens with zero attached hydrogens (tertiary/aromatic N) is 2. The Hall–Kier alpha value is -1.12. The lowest BCUT2D eigenvalue weighted by Gasteiger charge is -1.99. The average Bonchev–Trinajstić information content (AvgIpc) is 2.47. The van der Waals surface area contributed by atoms with Crippen molar-refractivity contribution >= 4 is 5.78 Å². The molecular formula is C10H16N2O. The quantitative estimate of drug-likeness (QED) is 0.668. The zero-order valence-electron chi connectivity index (χ0n) is 8.66. The van der Waals surface area contributed by atoms with Crippen LogP contribution in [0.4, 0.5) is 0 Å². The first kappa shape index (κ1) is 9.96. The first-order valence-corrected chi connectivity index (χ1v) is 4.65. The third-order valence-electron chi connectivity index (χ3n) is 2.05. The zero-order valence-corrected chi connectivity index (χ0v) is 8.66. The fraction of sp³-hybridized carbons (Fsp3) is 0.600. The molecule has 72 valence electrons. The number of carbonyl (C=O) groups excluding carboxylic acids is 1. The molecule has 1 heterocycles. The Bertz CT molecular complexity index is 313. The lowest BCUT2D eigenvalue weighted by Crippen LogP contribution is -2.06. The van der Waals surface area contributed by atoms with Crippen LogP contribution in [0.5, 0.6) is 0 Å².